The van der Waals surface area contributed by atoms with E-state index in [1.165, 1.54) is 4.90 Å². The average Bonchev–Trinajstić information content (AvgIpc) is 2.41. The summed E-state index contributed by atoms with van der Waals surface area (Å²) in [4.78, 5) is 25.2. The largest absolute Gasteiger partial charge is 0.334 e. The van der Waals surface area contributed by atoms with Crippen LogP contribution in [0, 0.1) is 11.6 Å². The number of nitrogens with one attached hydrogen (secondary N) is 1. The summed E-state index contributed by atoms with van der Waals surface area (Å²) in [6, 6.07) is 2.53. The molecule has 2 amide bonds. The highest BCUT2D eigenvalue weighted by Crippen LogP contribution is 2.14. The van der Waals surface area contributed by atoms with Crippen LogP contribution in [0.5, 0.6) is 0 Å². The molecule has 0 saturated heterocycles. The van der Waals surface area contributed by atoms with Gasteiger partial charge in [0, 0.05) is 30.6 Å². The standard InChI is InChI=1S/C14H18F2N2O2S/c1-4-12(8-21-3)18(2)14(20)13(19)17-11-6-9(15)5-10(16)7-11/h5-7,12H,4,8H2,1-3H3,(H,17,19)/t12-/m1/s1. The van der Waals surface area contributed by atoms with E-state index in [2.05, 4.69) is 5.32 Å². The van der Waals surface area contributed by atoms with Gasteiger partial charge < -0.3 is 10.2 Å². The van der Waals surface area contributed by atoms with E-state index in [0.29, 0.717) is 18.2 Å². The average molecular weight is 316 g/mol. The molecule has 0 saturated carbocycles. The van der Waals surface area contributed by atoms with Crippen molar-refractivity contribution in [3.05, 3.63) is 29.8 Å². The fourth-order valence-corrected chi connectivity index (χ4v) is 2.68. The van der Waals surface area contributed by atoms with E-state index in [9.17, 15) is 18.4 Å². The van der Waals surface area contributed by atoms with Gasteiger partial charge in [-0.15, -0.1) is 0 Å². The van der Waals surface area contributed by atoms with Crippen molar-refractivity contribution in [3.63, 3.8) is 0 Å². The molecular weight excluding hydrogens is 298 g/mol. The summed E-state index contributed by atoms with van der Waals surface area (Å²) in [6.45, 7) is 1.92. The molecule has 1 aromatic carbocycles. The number of nitrogens with zero attached hydrogens (tertiary/aromatic N) is 1. The molecule has 0 fully saturated rings. The van der Waals surface area contributed by atoms with Crippen molar-refractivity contribution in [3.8, 4) is 0 Å². The van der Waals surface area contributed by atoms with Gasteiger partial charge in [0.15, 0.2) is 0 Å². The highest BCUT2D eigenvalue weighted by Gasteiger charge is 2.24. The summed E-state index contributed by atoms with van der Waals surface area (Å²) < 4.78 is 26.1. The van der Waals surface area contributed by atoms with Crippen LogP contribution in [0.25, 0.3) is 0 Å². The first-order chi connectivity index (χ1) is 9.88. The second kappa shape index (κ2) is 7.97. The lowest BCUT2D eigenvalue weighted by molar-refractivity contribution is -0.143. The van der Waals surface area contributed by atoms with Crippen LogP contribution in [0.4, 0.5) is 14.5 Å². The van der Waals surface area contributed by atoms with Crippen molar-refractivity contribution >= 4 is 29.3 Å². The second-order valence-corrected chi connectivity index (χ2v) is 5.46. The zero-order chi connectivity index (χ0) is 16.0. The summed E-state index contributed by atoms with van der Waals surface area (Å²) in [5.74, 6) is -2.58. The van der Waals surface area contributed by atoms with E-state index in [4.69, 9.17) is 0 Å². The predicted octanol–water partition coefficient (Wildman–Crippen LogP) is 2.50. The monoisotopic (exact) mass is 316 g/mol. The van der Waals surface area contributed by atoms with Crippen molar-refractivity contribution < 1.29 is 18.4 Å². The Bertz CT molecular complexity index is 505. The number of amides is 2. The lowest BCUT2D eigenvalue weighted by Gasteiger charge is -2.26. The Labute approximate surface area is 126 Å². The molecule has 0 aliphatic heterocycles. The zero-order valence-corrected chi connectivity index (χ0v) is 13.0. The zero-order valence-electron chi connectivity index (χ0n) is 12.2. The highest BCUT2D eigenvalue weighted by molar-refractivity contribution is 7.98. The molecule has 0 aliphatic rings. The predicted molar refractivity (Wildman–Crippen MR) is 80.2 cm³/mol. The van der Waals surface area contributed by atoms with E-state index < -0.39 is 23.4 Å². The maximum atomic E-state index is 13.0. The number of hydrogen-bond donors (Lipinski definition) is 1. The topological polar surface area (TPSA) is 49.4 Å². The fraction of sp³-hybridized carbons (Fsp3) is 0.429. The molecule has 0 bridgehead atoms. The molecule has 7 heteroatoms. The quantitative estimate of drug-likeness (QED) is 0.849. The van der Waals surface area contributed by atoms with Crippen LogP contribution in [0.3, 0.4) is 0 Å². The number of hydrogen-bond acceptors (Lipinski definition) is 3. The van der Waals surface area contributed by atoms with Gasteiger partial charge in [-0.1, -0.05) is 6.92 Å². The van der Waals surface area contributed by atoms with Crippen molar-refractivity contribution in [2.24, 2.45) is 0 Å². The van der Waals surface area contributed by atoms with Crippen molar-refractivity contribution in [1.82, 2.24) is 4.90 Å². The number of thioether (sulfide) groups is 1. The van der Waals surface area contributed by atoms with Crippen molar-refractivity contribution in [2.75, 3.05) is 24.4 Å². The Kier molecular flexibility index (Phi) is 6.61. The van der Waals surface area contributed by atoms with Gasteiger partial charge in [-0.05, 0) is 24.8 Å². The number of benzene rings is 1. The normalized spacial score (nSPS) is 11.9. The smallest absolute Gasteiger partial charge is 0.313 e. The summed E-state index contributed by atoms with van der Waals surface area (Å²) in [5, 5.41) is 2.21. The molecule has 1 N–H and O–H groups in total. The first-order valence-electron chi connectivity index (χ1n) is 6.42. The van der Waals surface area contributed by atoms with Crippen LogP contribution in [-0.2, 0) is 9.59 Å². The number of carbonyl (C=O) groups is 2. The van der Waals surface area contributed by atoms with Crippen LogP contribution >= 0.6 is 11.8 Å². The van der Waals surface area contributed by atoms with Crippen molar-refractivity contribution in [2.45, 2.75) is 19.4 Å². The van der Waals surface area contributed by atoms with Crippen LogP contribution < -0.4 is 5.32 Å². The van der Waals surface area contributed by atoms with E-state index >= 15 is 0 Å². The molecule has 116 valence electrons. The maximum absolute atomic E-state index is 13.0. The fourth-order valence-electron chi connectivity index (χ4n) is 1.83. The number of halogens is 2. The van der Waals surface area contributed by atoms with E-state index in [1.54, 1.807) is 18.8 Å². The van der Waals surface area contributed by atoms with Crippen LogP contribution in [0.15, 0.2) is 18.2 Å². The summed E-state index contributed by atoms with van der Waals surface area (Å²) in [6.07, 6.45) is 2.63. The molecule has 0 radical (unpaired) electrons. The molecule has 21 heavy (non-hydrogen) atoms. The van der Waals surface area contributed by atoms with E-state index in [1.807, 2.05) is 13.2 Å². The van der Waals surface area contributed by atoms with Gasteiger partial charge in [-0.25, -0.2) is 8.78 Å². The summed E-state index contributed by atoms with van der Waals surface area (Å²) in [7, 11) is 1.54. The summed E-state index contributed by atoms with van der Waals surface area (Å²) in [5.41, 5.74) is -0.0860. The Morgan fingerprint density at radius 2 is 1.86 bits per heavy atom. The minimum Gasteiger partial charge on any atom is -0.334 e. The second-order valence-electron chi connectivity index (χ2n) is 4.55. The highest BCUT2D eigenvalue weighted by atomic mass is 32.2. The Morgan fingerprint density at radius 1 is 1.29 bits per heavy atom. The lowest BCUT2D eigenvalue weighted by atomic mass is 10.2. The Balaban J connectivity index is 2.76. The molecule has 1 atom stereocenters. The van der Waals surface area contributed by atoms with Gasteiger partial charge in [0.1, 0.15) is 11.6 Å². The van der Waals surface area contributed by atoms with E-state index in [-0.39, 0.29) is 11.7 Å². The number of anilines is 1. The first kappa shape index (κ1) is 17.4. The molecule has 1 aromatic rings. The number of carbonyl (C=O) groups excluding carboxylic acids is 2. The number of likely N-dealkylation sites (N-methyl/N-ethyl adjacent to an activating group) is 1. The van der Waals surface area contributed by atoms with Gasteiger partial charge in [0.25, 0.3) is 0 Å². The first-order valence-corrected chi connectivity index (χ1v) is 7.81. The van der Waals surface area contributed by atoms with Crippen LogP contribution in [0.1, 0.15) is 13.3 Å². The molecule has 1 rings (SSSR count). The molecule has 0 spiro atoms. The molecule has 0 aromatic heterocycles. The van der Waals surface area contributed by atoms with Gasteiger partial charge in [0.05, 0.1) is 0 Å². The minimum atomic E-state index is -0.915. The Morgan fingerprint density at radius 3 is 2.33 bits per heavy atom. The molecule has 4 nitrogen and oxygen atoms in total. The van der Waals surface area contributed by atoms with Crippen molar-refractivity contribution in [1.29, 1.82) is 0 Å². The third-order valence-corrected chi connectivity index (χ3v) is 3.73. The van der Waals surface area contributed by atoms with Gasteiger partial charge in [-0.2, -0.15) is 11.8 Å². The molecule has 0 aliphatic carbocycles. The maximum Gasteiger partial charge on any atom is 0.313 e. The van der Waals surface area contributed by atoms with E-state index in [0.717, 1.165) is 12.1 Å². The molecule has 0 heterocycles. The minimum absolute atomic E-state index is 0.0671. The Hall–Kier alpha value is -1.63. The SMILES string of the molecule is CC[C@H](CSC)N(C)C(=O)C(=O)Nc1cc(F)cc(F)c1. The third-order valence-electron chi connectivity index (χ3n) is 3.01. The molecule has 0 unspecified atom stereocenters. The van der Waals surface area contributed by atoms with Crippen LogP contribution in [0.2, 0.25) is 0 Å². The lowest BCUT2D eigenvalue weighted by Crippen LogP contribution is -2.44. The van der Waals surface area contributed by atoms with Gasteiger partial charge in [-0.3, -0.25) is 9.59 Å². The molecular formula is C14H18F2N2O2S. The van der Waals surface area contributed by atoms with Gasteiger partial charge >= 0.3 is 11.8 Å². The van der Waals surface area contributed by atoms with Crippen LogP contribution in [-0.4, -0.2) is 41.8 Å². The van der Waals surface area contributed by atoms with Gasteiger partial charge in [0.2, 0.25) is 0 Å². The number of rotatable bonds is 5. The third kappa shape index (κ3) is 5.00. The summed E-state index contributed by atoms with van der Waals surface area (Å²) >= 11 is 1.57.